The number of amides is 1. The summed E-state index contributed by atoms with van der Waals surface area (Å²) in [7, 11) is 0. The number of benzene rings is 4. The van der Waals surface area contributed by atoms with Gasteiger partial charge in [0.05, 0.1) is 4.88 Å². The number of ether oxygens (including phenoxy) is 3. The Balaban J connectivity index is 1.15. The highest BCUT2D eigenvalue weighted by molar-refractivity contribution is 9.10. The van der Waals surface area contributed by atoms with Crippen molar-refractivity contribution in [3.05, 3.63) is 107 Å². The lowest BCUT2D eigenvalue weighted by molar-refractivity contribution is 0.0985. The number of hydrogen-bond acceptors (Lipinski definition) is 6. The number of nitrogens with zero attached hydrogens (tertiary/aromatic N) is 2. The Labute approximate surface area is 263 Å². The molecule has 0 unspecified atom stereocenters. The van der Waals surface area contributed by atoms with Crippen LogP contribution in [0.3, 0.4) is 0 Å². The van der Waals surface area contributed by atoms with Crippen molar-refractivity contribution in [3.63, 3.8) is 0 Å². The van der Waals surface area contributed by atoms with E-state index in [2.05, 4.69) is 57.2 Å². The van der Waals surface area contributed by atoms with Gasteiger partial charge in [0.2, 0.25) is 0 Å². The van der Waals surface area contributed by atoms with Crippen molar-refractivity contribution in [2.45, 2.75) is 6.61 Å². The monoisotopic (exact) mass is 658 g/mol. The minimum Gasteiger partial charge on any atom is -0.492 e. The lowest BCUT2D eigenvalue weighted by Gasteiger charge is -2.32. The van der Waals surface area contributed by atoms with E-state index in [0.717, 1.165) is 73.2 Å². The van der Waals surface area contributed by atoms with Crippen molar-refractivity contribution in [1.29, 1.82) is 0 Å². The predicted molar refractivity (Wildman–Crippen MR) is 174 cm³/mol. The lowest BCUT2D eigenvalue weighted by Crippen LogP contribution is -2.49. The van der Waals surface area contributed by atoms with E-state index in [1.807, 2.05) is 60.7 Å². The molecule has 1 saturated heterocycles. The fourth-order valence-corrected chi connectivity index (χ4v) is 6.38. The molecule has 0 radical (unpaired) electrons. The smallest absolute Gasteiger partial charge is 0.407 e. The first-order valence-corrected chi connectivity index (χ1v) is 15.7. The third-order valence-electron chi connectivity index (χ3n) is 7.33. The Morgan fingerprint density at radius 2 is 1.51 bits per heavy atom. The summed E-state index contributed by atoms with van der Waals surface area (Å²) in [4.78, 5) is 15.8. The molecule has 6 rings (SSSR count). The van der Waals surface area contributed by atoms with Gasteiger partial charge in [0.25, 0.3) is 0 Å². The van der Waals surface area contributed by atoms with E-state index in [-0.39, 0.29) is 0 Å². The fourth-order valence-electron chi connectivity index (χ4n) is 4.95. The van der Waals surface area contributed by atoms with Crippen LogP contribution in [0.1, 0.15) is 5.56 Å². The molecule has 220 valence electrons. The summed E-state index contributed by atoms with van der Waals surface area (Å²) >= 11 is 5.23. The summed E-state index contributed by atoms with van der Waals surface area (Å²) in [6.07, 6.45) is -0.852. The van der Waals surface area contributed by atoms with Gasteiger partial charge in [-0.3, -0.25) is 4.90 Å². The van der Waals surface area contributed by atoms with E-state index in [1.54, 1.807) is 11.3 Å². The van der Waals surface area contributed by atoms with Crippen LogP contribution < -0.4 is 14.2 Å². The van der Waals surface area contributed by atoms with Gasteiger partial charge < -0.3 is 24.2 Å². The normalized spacial score (nSPS) is 13.7. The zero-order valence-corrected chi connectivity index (χ0v) is 25.9. The van der Waals surface area contributed by atoms with Crippen molar-refractivity contribution in [2.75, 3.05) is 39.3 Å². The van der Waals surface area contributed by atoms with Crippen LogP contribution >= 0.6 is 27.3 Å². The second-order valence-electron chi connectivity index (χ2n) is 10.2. The Kier molecular flexibility index (Phi) is 9.12. The van der Waals surface area contributed by atoms with Gasteiger partial charge in [0, 0.05) is 47.3 Å². The van der Waals surface area contributed by atoms with E-state index in [9.17, 15) is 4.79 Å². The Hall–Kier alpha value is -4.05. The average Bonchev–Trinajstić information content (AvgIpc) is 3.39. The van der Waals surface area contributed by atoms with Crippen molar-refractivity contribution in [3.8, 4) is 33.4 Å². The highest BCUT2D eigenvalue weighted by Crippen LogP contribution is 2.47. The standard InChI is InChI=1S/C34H31BrN2O5S/c35-26-8-6-25(7-9-26)33-32(30-15-14-29(22-31(30)43-33)41-23-24-4-2-1-3-5-24)42-28-12-10-27(11-13-28)40-21-20-36-16-18-37(19-17-36)34(38)39/h1-15,22H,16-21,23H2,(H,38,39). The molecule has 1 amide bonds. The number of fused-ring (bicyclic) bond motifs is 1. The summed E-state index contributed by atoms with van der Waals surface area (Å²) in [6, 6.07) is 32.2. The number of hydrogen-bond donors (Lipinski definition) is 1. The number of carbonyl (C=O) groups is 1. The highest BCUT2D eigenvalue weighted by atomic mass is 79.9. The predicted octanol–water partition coefficient (Wildman–Crippen LogP) is 8.38. The SMILES string of the molecule is O=C(O)N1CCN(CCOc2ccc(Oc3c(-c4ccc(Br)cc4)sc4cc(OCc5ccccc5)ccc34)cc2)CC1. The van der Waals surface area contributed by atoms with Crippen molar-refractivity contribution < 1.29 is 24.1 Å². The molecule has 1 aliphatic heterocycles. The quantitative estimate of drug-likeness (QED) is 0.163. The molecular formula is C34H31BrN2O5S. The van der Waals surface area contributed by atoms with Crippen LogP contribution in [-0.4, -0.2) is 60.3 Å². The number of halogens is 1. The number of carboxylic acid groups (broad SMARTS) is 1. The van der Waals surface area contributed by atoms with Gasteiger partial charge in [0.15, 0.2) is 5.75 Å². The molecule has 2 heterocycles. The first-order chi connectivity index (χ1) is 21.0. The molecule has 0 atom stereocenters. The zero-order valence-electron chi connectivity index (χ0n) is 23.4. The molecule has 43 heavy (non-hydrogen) atoms. The minimum atomic E-state index is -0.852. The van der Waals surface area contributed by atoms with Gasteiger partial charge in [-0.1, -0.05) is 58.4 Å². The molecule has 9 heteroatoms. The molecule has 1 fully saturated rings. The molecule has 1 aliphatic rings. The molecule has 0 saturated carbocycles. The van der Waals surface area contributed by atoms with Gasteiger partial charge in [-0.2, -0.15) is 0 Å². The average molecular weight is 660 g/mol. The number of piperazine rings is 1. The molecule has 4 aromatic carbocycles. The molecule has 5 aromatic rings. The largest absolute Gasteiger partial charge is 0.492 e. The van der Waals surface area contributed by atoms with Crippen LogP contribution in [0, 0.1) is 0 Å². The van der Waals surface area contributed by atoms with Crippen LogP contribution in [0.4, 0.5) is 4.79 Å². The highest BCUT2D eigenvalue weighted by Gasteiger charge is 2.20. The van der Waals surface area contributed by atoms with Crippen LogP contribution in [-0.2, 0) is 6.61 Å². The fraction of sp³-hybridized carbons (Fsp3) is 0.206. The third kappa shape index (κ3) is 7.30. The zero-order chi connectivity index (χ0) is 29.6. The number of thiophene rings is 1. The maximum atomic E-state index is 11.1. The van der Waals surface area contributed by atoms with Crippen molar-refractivity contribution in [1.82, 2.24) is 9.80 Å². The summed E-state index contributed by atoms with van der Waals surface area (Å²) in [6.45, 7) is 4.30. The van der Waals surface area contributed by atoms with Gasteiger partial charge in [-0.25, -0.2) is 4.79 Å². The summed E-state index contributed by atoms with van der Waals surface area (Å²) < 4.78 is 20.7. The second kappa shape index (κ2) is 13.5. The first kappa shape index (κ1) is 29.0. The van der Waals surface area contributed by atoms with Gasteiger partial charge >= 0.3 is 6.09 Å². The Bertz CT molecular complexity index is 1670. The summed E-state index contributed by atoms with van der Waals surface area (Å²) in [5.41, 5.74) is 2.20. The van der Waals surface area contributed by atoms with Crippen LogP contribution in [0.2, 0.25) is 0 Å². The molecule has 1 aromatic heterocycles. The van der Waals surface area contributed by atoms with Crippen molar-refractivity contribution >= 4 is 43.4 Å². The van der Waals surface area contributed by atoms with Gasteiger partial charge in [-0.05, 0) is 65.7 Å². The maximum absolute atomic E-state index is 11.1. The second-order valence-corrected chi connectivity index (χ2v) is 12.2. The maximum Gasteiger partial charge on any atom is 0.407 e. The van der Waals surface area contributed by atoms with Crippen LogP contribution in [0.5, 0.6) is 23.0 Å². The molecule has 0 spiro atoms. The first-order valence-electron chi connectivity index (χ1n) is 14.1. The van der Waals surface area contributed by atoms with E-state index >= 15 is 0 Å². The van der Waals surface area contributed by atoms with Crippen LogP contribution in [0.15, 0.2) is 102 Å². The summed E-state index contributed by atoms with van der Waals surface area (Å²) in [5, 5.41) is 10.1. The molecule has 1 N–H and O–H groups in total. The Morgan fingerprint density at radius 1 is 0.814 bits per heavy atom. The number of rotatable bonds is 10. The van der Waals surface area contributed by atoms with Crippen molar-refractivity contribution in [2.24, 2.45) is 0 Å². The topological polar surface area (TPSA) is 71.5 Å². The van der Waals surface area contributed by atoms with Crippen LogP contribution in [0.25, 0.3) is 20.5 Å². The Morgan fingerprint density at radius 3 is 2.23 bits per heavy atom. The van der Waals surface area contributed by atoms with Gasteiger partial charge in [-0.15, -0.1) is 11.3 Å². The van der Waals surface area contributed by atoms with E-state index in [1.165, 1.54) is 4.90 Å². The molecular weight excluding hydrogens is 628 g/mol. The third-order valence-corrected chi connectivity index (χ3v) is 9.04. The molecule has 0 aliphatic carbocycles. The van der Waals surface area contributed by atoms with Gasteiger partial charge in [0.1, 0.15) is 30.5 Å². The van der Waals surface area contributed by atoms with E-state index in [0.29, 0.717) is 26.3 Å². The van der Waals surface area contributed by atoms with E-state index < -0.39 is 6.09 Å². The van der Waals surface area contributed by atoms with E-state index in [4.69, 9.17) is 19.3 Å². The minimum absolute atomic E-state index is 0.510. The molecule has 7 nitrogen and oxygen atoms in total. The summed E-state index contributed by atoms with van der Waals surface area (Å²) in [5.74, 6) is 3.11. The lowest BCUT2D eigenvalue weighted by atomic mass is 10.1. The molecule has 0 bridgehead atoms.